The van der Waals surface area contributed by atoms with Gasteiger partial charge in [0.2, 0.25) is 0 Å². The molecule has 2 heterocycles. The Kier molecular flexibility index (Phi) is 7.73. The molecule has 2 aromatic heterocycles. The quantitative estimate of drug-likeness (QED) is 0.254. The molecule has 14 heteroatoms. The first-order valence-electron chi connectivity index (χ1n) is 7.68. The minimum Gasteiger partial charge on any atom is -0.359 e. The number of fused-ring (bicyclic) bond motifs is 2. The summed E-state index contributed by atoms with van der Waals surface area (Å²) in [5.74, 6) is -0.547. The summed E-state index contributed by atoms with van der Waals surface area (Å²) in [7, 11) is -9.78. The van der Waals surface area contributed by atoms with E-state index in [1.54, 1.807) is 48.5 Å². The first kappa shape index (κ1) is 25.2. The first-order chi connectivity index (χ1) is 13.1. The van der Waals surface area contributed by atoms with E-state index in [1.807, 2.05) is 0 Å². The van der Waals surface area contributed by atoms with Gasteiger partial charge in [-0.1, -0.05) is 24.3 Å². The third-order valence-corrected chi connectivity index (χ3v) is 4.70. The Bertz CT molecular complexity index is 1320. The van der Waals surface area contributed by atoms with Gasteiger partial charge < -0.3 is 18.3 Å². The maximum absolute atomic E-state index is 11.4. The maximum Gasteiger partial charge on any atom is 0.446 e. The molecule has 0 aliphatic carbocycles. The molecule has 0 bridgehead atoms. The van der Waals surface area contributed by atoms with Crippen LogP contribution in [0.4, 0.5) is 0 Å². The molecule has 0 amide bonds. The average molecular weight is 470 g/mol. The van der Waals surface area contributed by atoms with Crippen molar-refractivity contribution >= 4 is 102 Å². The fraction of sp³-hybridized carbons (Fsp3) is 0. The molecule has 4 N–H and O–H groups in total. The molecule has 0 fully saturated rings. The first-order valence-corrected chi connectivity index (χ1v) is 10.4. The van der Waals surface area contributed by atoms with Crippen molar-refractivity contribution in [1.82, 2.24) is 9.97 Å². The van der Waals surface area contributed by atoms with E-state index >= 15 is 0 Å². The number of hydrogen-bond donors (Lipinski definition) is 4. The van der Waals surface area contributed by atoms with E-state index in [4.69, 9.17) is 8.37 Å². The van der Waals surface area contributed by atoms with Crippen molar-refractivity contribution in [3.63, 3.8) is 0 Å². The number of nitrogens with one attached hydrogen (secondary N) is 2. The number of aromatic nitrogens is 2. The van der Waals surface area contributed by atoms with E-state index in [2.05, 4.69) is 9.97 Å². The Hall–Kier alpha value is -1.06. The van der Waals surface area contributed by atoms with Crippen molar-refractivity contribution in [3.8, 4) is 22.9 Å². The monoisotopic (exact) mass is 470 g/mol. The zero-order valence-electron chi connectivity index (χ0n) is 15.8. The summed E-state index contributed by atoms with van der Waals surface area (Å²) in [5, 5.41) is 0.623. The summed E-state index contributed by atoms with van der Waals surface area (Å²) >= 11 is 0. The molecule has 0 saturated heterocycles. The Morgan fingerprint density at radius 1 is 0.633 bits per heavy atom. The van der Waals surface area contributed by atoms with Crippen LogP contribution < -0.4 is 8.37 Å². The average Bonchev–Trinajstić information content (AvgIpc) is 3.11. The molecular weight excluding hydrogens is 458 g/mol. The van der Waals surface area contributed by atoms with Crippen LogP contribution >= 0.6 is 0 Å². The molecule has 148 valence electrons. The number of para-hydroxylation sites is 2. The summed E-state index contributed by atoms with van der Waals surface area (Å²) in [6.07, 6.45) is 0. The second-order valence-electron chi connectivity index (χ2n) is 5.77. The van der Waals surface area contributed by atoms with Crippen LogP contribution in [0.15, 0.2) is 48.5 Å². The molecule has 2 aromatic carbocycles. The number of aromatic amines is 2. The maximum atomic E-state index is 11.4. The van der Waals surface area contributed by atoms with Crippen LogP contribution in [-0.4, -0.2) is 95.0 Å². The van der Waals surface area contributed by atoms with Gasteiger partial charge in [0.05, 0.1) is 0 Å². The Labute approximate surface area is 215 Å². The SMILES string of the molecule is O=S(=O)(O)Oc1c(-c2[nH]c3ccccc3c2OS(=O)(=O)O)[nH]c2ccccc12.[Na].[Na]. The standard InChI is InChI=1S/C16H12N2O8S2.2Na/c19-27(20,21)25-15-9-5-1-3-7-11(9)17-13(15)14-16(26-28(22,23)24)10-6-2-4-8-12(10)18-14;;/h1-8,17-18H,(H,19,20,21)(H,22,23,24);;. The van der Waals surface area contributed by atoms with Crippen LogP contribution in [0, 0.1) is 0 Å². The number of hydrogen-bond acceptors (Lipinski definition) is 6. The normalized spacial score (nSPS) is 11.7. The molecule has 4 rings (SSSR count). The molecule has 0 unspecified atom stereocenters. The van der Waals surface area contributed by atoms with E-state index < -0.39 is 20.8 Å². The van der Waals surface area contributed by atoms with Gasteiger partial charge in [-0.3, -0.25) is 9.11 Å². The van der Waals surface area contributed by atoms with Gasteiger partial charge in [0.15, 0.2) is 11.5 Å². The zero-order chi connectivity index (χ0) is 20.1. The molecule has 0 aliphatic rings. The van der Waals surface area contributed by atoms with Crippen molar-refractivity contribution in [3.05, 3.63) is 48.5 Å². The van der Waals surface area contributed by atoms with E-state index in [0.29, 0.717) is 21.8 Å². The second kappa shape index (κ2) is 9.20. The van der Waals surface area contributed by atoms with Crippen molar-refractivity contribution < 1.29 is 34.3 Å². The molecular formula is C16H12N2Na2O8S2. The summed E-state index contributed by atoms with van der Waals surface area (Å²) in [4.78, 5) is 5.80. The Morgan fingerprint density at radius 3 is 1.30 bits per heavy atom. The van der Waals surface area contributed by atoms with E-state index in [0.717, 1.165) is 0 Å². The predicted molar refractivity (Wildman–Crippen MR) is 111 cm³/mol. The van der Waals surface area contributed by atoms with Crippen LogP contribution in [0.25, 0.3) is 33.2 Å². The van der Waals surface area contributed by atoms with Crippen LogP contribution in [0.3, 0.4) is 0 Å². The van der Waals surface area contributed by atoms with Gasteiger partial charge in [0.25, 0.3) is 0 Å². The fourth-order valence-corrected chi connectivity index (χ4v) is 3.74. The number of rotatable bonds is 5. The van der Waals surface area contributed by atoms with Crippen molar-refractivity contribution in [2.75, 3.05) is 0 Å². The second-order valence-corrected chi connectivity index (χ2v) is 7.82. The minimum atomic E-state index is -4.89. The third-order valence-electron chi connectivity index (χ3n) is 3.94. The van der Waals surface area contributed by atoms with Gasteiger partial charge in [-0.05, 0) is 24.3 Å². The van der Waals surface area contributed by atoms with Crippen molar-refractivity contribution in [2.45, 2.75) is 0 Å². The minimum absolute atomic E-state index is 0. The van der Waals surface area contributed by atoms with Gasteiger partial charge in [0, 0.05) is 80.9 Å². The number of benzene rings is 2. The van der Waals surface area contributed by atoms with Gasteiger partial charge in [-0.15, -0.1) is 0 Å². The largest absolute Gasteiger partial charge is 0.446 e. The van der Waals surface area contributed by atoms with Gasteiger partial charge >= 0.3 is 20.8 Å². The van der Waals surface area contributed by atoms with Crippen LogP contribution in [0.2, 0.25) is 0 Å². The smallest absolute Gasteiger partial charge is 0.359 e. The van der Waals surface area contributed by atoms with E-state index in [1.165, 1.54) is 0 Å². The van der Waals surface area contributed by atoms with Crippen LogP contribution in [0.1, 0.15) is 0 Å². The van der Waals surface area contributed by atoms with Gasteiger partial charge in [0.1, 0.15) is 11.4 Å². The number of H-pyrrole nitrogens is 2. The molecule has 30 heavy (non-hydrogen) atoms. The fourth-order valence-electron chi connectivity index (χ4n) is 2.97. The van der Waals surface area contributed by atoms with Crippen LogP contribution in [-0.2, 0) is 20.8 Å². The molecule has 0 atom stereocenters. The topological polar surface area (TPSA) is 159 Å². The molecule has 10 nitrogen and oxygen atoms in total. The van der Waals surface area contributed by atoms with Crippen molar-refractivity contribution in [1.29, 1.82) is 0 Å². The molecule has 0 spiro atoms. The summed E-state index contributed by atoms with van der Waals surface area (Å²) < 4.78 is 73.2. The predicted octanol–water partition coefficient (Wildman–Crippen LogP) is 1.92. The summed E-state index contributed by atoms with van der Waals surface area (Å²) in [5.41, 5.74) is 0.891. The van der Waals surface area contributed by atoms with Gasteiger partial charge in [-0.25, -0.2) is 0 Å². The van der Waals surface area contributed by atoms with E-state index in [-0.39, 0.29) is 82.0 Å². The van der Waals surface area contributed by atoms with Crippen LogP contribution in [0.5, 0.6) is 11.5 Å². The molecule has 4 aromatic rings. The third kappa shape index (κ3) is 5.22. The summed E-state index contributed by atoms with van der Waals surface area (Å²) in [6, 6.07) is 12.9. The molecule has 0 aliphatic heterocycles. The van der Waals surface area contributed by atoms with Crippen molar-refractivity contribution in [2.24, 2.45) is 0 Å². The molecule has 2 radical (unpaired) electrons. The van der Waals surface area contributed by atoms with E-state index in [9.17, 15) is 25.9 Å². The Balaban J connectivity index is 0.00000160. The zero-order valence-corrected chi connectivity index (χ0v) is 21.4. The summed E-state index contributed by atoms with van der Waals surface area (Å²) in [6.45, 7) is 0. The molecule has 0 saturated carbocycles. The Morgan fingerprint density at radius 2 is 0.967 bits per heavy atom. The van der Waals surface area contributed by atoms with Gasteiger partial charge in [-0.2, -0.15) is 16.8 Å².